The van der Waals surface area contributed by atoms with Gasteiger partial charge in [-0.1, -0.05) is 0 Å². The van der Waals surface area contributed by atoms with Crippen LogP contribution >= 0.6 is 0 Å². The van der Waals surface area contributed by atoms with Crippen LogP contribution < -0.4 is 0 Å². The minimum Gasteiger partial charge on any atom is -1.00 e. The third kappa shape index (κ3) is 11.0. The third-order valence-corrected chi connectivity index (χ3v) is 0.408. The van der Waals surface area contributed by atoms with Crippen molar-refractivity contribution in [3.8, 4) is 0 Å². The molecule has 0 aliphatic carbocycles. The van der Waals surface area contributed by atoms with Gasteiger partial charge < -0.3 is 12.7 Å². The Morgan fingerprint density at radius 1 is 1.86 bits per heavy atom. The molecule has 7 heavy (non-hydrogen) atoms. The van der Waals surface area contributed by atoms with Gasteiger partial charge in [0.1, 0.15) is 0 Å². The molecule has 3 heteroatoms. The van der Waals surface area contributed by atoms with Crippen LogP contribution in [0.3, 0.4) is 0 Å². The van der Waals surface area contributed by atoms with Gasteiger partial charge in [-0.25, -0.2) is 0 Å². The fourth-order valence-electron chi connectivity index (χ4n) is 0.241. The maximum absolute atomic E-state index is 8.43. The zero-order chi connectivity index (χ0) is 4.99. The summed E-state index contributed by atoms with van der Waals surface area (Å²) in [6.45, 7) is 2.11. The SMILES string of the molecule is COCC(C)O.[Ca+2].[H-].[H-]. The van der Waals surface area contributed by atoms with Gasteiger partial charge in [-0.05, 0) is 6.92 Å². The maximum Gasteiger partial charge on any atom is 2.00 e. The number of aliphatic hydroxyl groups excluding tert-OH is 1. The minimum absolute atomic E-state index is 0. The number of aliphatic hydroxyl groups is 1. The van der Waals surface area contributed by atoms with Crippen LogP contribution in [0.25, 0.3) is 0 Å². The van der Waals surface area contributed by atoms with Crippen molar-refractivity contribution in [1.82, 2.24) is 0 Å². The van der Waals surface area contributed by atoms with Crippen LogP contribution in [-0.4, -0.2) is 62.7 Å². The summed E-state index contributed by atoms with van der Waals surface area (Å²) < 4.78 is 4.55. The summed E-state index contributed by atoms with van der Waals surface area (Å²) in [5.74, 6) is 0. The Morgan fingerprint density at radius 2 is 2.29 bits per heavy atom. The van der Waals surface area contributed by atoms with Crippen LogP contribution in [0.15, 0.2) is 0 Å². The molecule has 0 radical (unpaired) electrons. The van der Waals surface area contributed by atoms with Crippen molar-refractivity contribution >= 4 is 37.7 Å². The van der Waals surface area contributed by atoms with Gasteiger partial charge in [0.05, 0.1) is 12.7 Å². The molecule has 0 rings (SSSR count). The van der Waals surface area contributed by atoms with Gasteiger partial charge in [-0.15, -0.1) is 0 Å². The molecule has 1 unspecified atom stereocenters. The summed E-state index contributed by atoms with van der Waals surface area (Å²) in [5.41, 5.74) is 0. The Hall–Kier alpha value is 1.18. The normalized spacial score (nSPS) is 12.4. The van der Waals surface area contributed by atoms with E-state index >= 15 is 0 Å². The Kier molecular flexibility index (Phi) is 11.3. The van der Waals surface area contributed by atoms with Gasteiger partial charge in [-0.3, -0.25) is 0 Å². The number of rotatable bonds is 2. The van der Waals surface area contributed by atoms with Gasteiger partial charge in [0.2, 0.25) is 0 Å². The fraction of sp³-hybridized carbons (Fsp3) is 1.00. The molecule has 0 aliphatic heterocycles. The molecule has 1 N–H and O–H groups in total. The topological polar surface area (TPSA) is 29.5 Å². The molecule has 0 saturated heterocycles. The molecule has 42 valence electrons. The van der Waals surface area contributed by atoms with Crippen molar-refractivity contribution in [3.05, 3.63) is 0 Å². The van der Waals surface area contributed by atoms with Gasteiger partial charge in [-0.2, -0.15) is 0 Å². The van der Waals surface area contributed by atoms with Crippen LogP contribution in [0.1, 0.15) is 9.78 Å². The fourth-order valence-corrected chi connectivity index (χ4v) is 0.241. The van der Waals surface area contributed by atoms with Crippen molar-refractivity contribution in [1.29, 1.82) is 0 Å². The maximum atomic E-state index is 8.43. The van der Waals surface area contributed by atoms with E-state index in [0.29, 0.717) is 6.61 Å². The molecular weight excluding hydrogens is 120 g/mol. The van der Waals surface area contributed by atoms with E-state index in [9.17, 15) is 0 Å². The predicted molar refractivity (Wildman–Crippen MR) is 31.5 cm³/mol. The molecule has 0 fully saturated rings. The first-order chi connectivity index (χ1) is 2.77. The molecule has 0 aromatic carbocycles. The van der Waals surface area contributed by atoms with E-state index in [4.69, 9.17) is 5.11 Å². The predicted octanol–water partition coefficient (Wildman–Crippen LogP) is -0.142. The number of hydrogen-bond donors (Lipinski definition) is 1. The Balaban J connectivity index is -0.0000000417. The largest absolute Gasteiger partial charge is 2.00 e. The standard InChI is InChI=1S/C4H10O2.Ca.2H/c1-4(5)3-6-2;;;/h4-5H,3H2,1-2H3;;;/q;+2;2*-1. The van der Waals surface area contributed by atoms with Crippen LogP contribution in [0.5, 0.6) is 0 Å². The third-order valence-electron chi connectivity index (χ3n) is 0.408. The van der Waals surface area contributed by atoms with Crippen molar-refractivity contribution < 1.29 is 12.7 Å². The summed E-state index contributed by atoms with van der Waals surface area (Å²) in [4.78, 5) is 0. The van der Waals surface area contributed by atoms with Gasteiger partial charge in [0.25, 0.3) is 0 Å². The molecule has 0 amide bonds. The molecule has 0 heterocycles. The Morgan fingerprint density at radius 3 is 2.29 bits per heavy atom. The van der Waals surface area contributed by atoms with Gasteiger partial charge in [0.15, 0.2) is 0 Å². The minimum atomic E-state index is -0.324. The number of ether oxygens (including phenoxy) is 1. The van der Waals surface area contributed by atoms with E-state index in [2.05, 4.69) is 4.74 Å². The Labute approximate surface area is 76.8 Å². The second kappa shape index (κ2) is 7.18. The number of methoxy groups -OCH3 is 1. The van der Waals surface area contributed by atoms with Crippen LogP contribution in [0.4, 0.5) is 0 Å². The van der Waals surface area contributed by atoms with E-state index in [1.165, 1.54) is 0 Å². The van der Waals surface area contributed by atoms with E-state index in [-0.39, 0.29) is 46.7 Å². The van der Waals surface area contributed by atoms with Gasteiger partial charge >= 0.3 is 37.7 Å². The van der Waals surface area contributed by atoms with Crippen LogP contribution in [0, 0.1) is 0 Å². The average Bonchev–Trinajstić information content (AvgIpc) is 1.35. The monoisotopic (exact) mass is 132 g/mol. The molecule has 0 aromatic rings. The van der Waals surface area contributed by atoms with E-state index < -0.39 is 0 Å². The van der Waals surface area contributed by atoms with Crippen molar-refractivity contribution in [2.24, 2.45) is 0 Å². The smallest absolute Gasteiger partial charge is 1.00 e. The van der Waals surface area contributed by atoms with Crippen LogP contribution in [0.2, 0.25) is 0 Å². The first kappa shape index (κ1) is 11.0. The summed E-state index contributed by atoms with van der Waals surface area (Å²) in [6.07, 6.45) is -0.324. The second-order valence-corrected chi connectivity index (χ2v) is 1.30. The quantitative estimate of drug-likeness (QED) is 0.530. The zero-order valence-corrected chi connectivity index (χ0v) is 7.06. The molecule has 1 atom stereocenters. The van der Waals surface area contributed by atoms with Gasteiger partial charge in [0, 0.05) is 7.11 Å². The first-order valence-corrected chi connectivity index (χ1v) is 1.94. The van der Waals surface area contributed by atoms with Crippen LogP contribution in [-0.2, 0) is 4.74 Å². The van der Waals surface area contributed by atoms with Crippen molar-refractivity contribution in [3.63, 3.8) is 0 Å². The summed E-state index contributed by atoms with van der Waals surface area (Å²) in [6, 6.07) is 0. The van der Waals surface area contributed by atoms with Crippen molar-refractivity contribution in [2.45, 2.75) is 13.0 Å². The molecule has 0 saturated carbocycles. The summed E-state index contributed by atoms with van der Waals surface area (Å²) in [7, 11) is 1.56. The summed E-state index contributed by atoms with van der Waals surface area (Å²) >= 11 is 0. The van der Waals surface area contributed by atoms with E-state index in [0.717, 1.165) is 0 Å². The van der Waals surface area contributed by atoms with E-state index in [1.807, 2.05) is 0 Å². The van der Waals surface area contributed by atoms with E-state index in [1.54, 1.807) is 14.0 Å². The average molecular weight is 132 g/mol. The molecule has 0 bridgehead atoms. The zero-order valence-electron chi connectivity index (χ0n) is 6.85. The molecule has 2 nitrogen and oxygen atoms in total. The molecular formula is C4H12CaO2. The second-order valence-electron chi connectivity index (χ2n) is 1.30. The molecule has 0 spiro atoms. The molecule has 0 aliphatic rings. The first-order valence-electron chi connectivity index (χ1n) is 1.94. The Bertz CT molecular complexity index is 37.7. The number of hydrogen-bond acceptors (Lipinski definition) is 2. The summed E-state index contributed by atoms with van der Waals surface area (Å²) in [5, 5.41) is 8.43. The van der Waals surface area contributed by atoms with Crippen molar-refractivity contribution in [2.75, 3.05) is 13.7 Å². The molecule has 0 aromatic heterocycles.